The maximum absolute atomic E-state index is 5.06. The summed E-state index contributed by atoms with van der Waals surface area (Å²) in [6.45, 7) is 8.26. The molecule has 0 bridgehead atoms. The molecular weight excluding hydrogens is 198 g/mol. The zero-order valence-corrected chi connectivity index (χ0v) is 10.8. The van der Waals surface area contributed by atoms with Gasteiger partial charge in [0.15, 0.2) is 0 Å². The molecule has 0 aliphatic carbocycles. The second kappa shape index (κ2) is 6.66. The van der Waals surface area contributed by atoms with Crippen LogP contribution in [0.15, 0.2) is 18.2 Å². The average molecular weight is 221 g/mol. The van der Waals surface area contributed by atoms with E-state index in [2.05, 4.69) is 44.3 Å². The molecular formula is C14H23NO. The molecule has 1 rings (SSSR count). The molecule has 0 aliphatic heterocycles. The summed E-state index contributed by atoms with van der Waals surface area (Å²) < 4.78 is 5.06. The molecule has 16 heavy (non-hydrogen) atoms. The SMILES string of the molecule is COCCC(C)NCc1ccc(C)cc1C. The Hall–Kier alpha value is -0.860. The summed E-state index contributed by atoms with van der Waals surface area (Å²) in [5.41, 5.74) is 4.08. The van der Waals surface area contributed by atoms with Crippen LogP contribution < -0.4 is 5.32 Å². The van der Waals surface area contributed by atoms with Gasteiger partial charge in [0.2, 0.25) is 0 Å². The zero-order valence-electron chi connectivity index (χ0n) is 10.8. The van der Waals surface area contributed by atoms with E-state index in [9.17, 15) is 0 Å². The minimum absolute atomic E-state index is 0.501. The number of methoxy groups -OCH3 is 1. The van der Waals surface area contributed by atoms with Crippen molar-refractivity contribution in [3.8, 4) is 0 Å². The van der Waals surface area contributed by atoms with Gasteiger partial charge in [0, 0.05) is 26.3 Å². The number of rotatable bonds is 6. The third-order valence-corrected chi connectivity index (χ3v) is 2.89. The summed E-state index contributed by atoms with van der Waals surface area (Å²) in [6, 6.07) is 7.11. The minimum Gasteiger partial charge on any atom is -0.385 e. The average Bonchev–Trinajstić information content (AvgIpc) is 2.25. The fourth-order valence-electron chi connectivity index (χ4n) is 1.73. The first-order valence-corrected chi connectivity index (χ1v) is 5.92. The molecule has 0 spiro atoms. The highest BCUT2D eigenvalue weighted by molar-refractivity contribution is 5.30. The molecule has 2 nitrogen and oxygen atoms in total. The Balaban J connectivity index is 2.42. The normalized spacial score (nSPS) is 12.8. The van der Waals surface area contributed by atoms with Gasteiger partial charge in [0.05, 0.1) is 0 Å². The van der Waals surface area contributed by atoms with Crippen LogP contribution in [0.4, 0.5) is 0 Å². The summed E-state index contributed by atoms with van der Waals surface area (Å²) >= 11 is 0. The van der Waals surface area contributed by atoms with Gasteiger partial charge >= 0.3 is 0 Å². The van der Waals surface area contributed by atoms with Crippen LogP contribution in [0, 0.1) is 13.8 Å². The number of nitrogens with one attached hydrogen (secondary N) is 1. The van der Waals surface area contributed by atoms with Crippen molar-refractivity contribution in [2.24, 2.45) is 0 Å². The molecule has 0 amide bonds. The first-order valence-electron chi connectivity index (χ1n) is 5.92. The van der Waals surface area contributed by atoms with E-state index >= 15 is 0 Å². The van der Waals surface area contributed by atoms with Gasteiger partial charge in [-0.15, -0.1) is 0 Å². The highest BCUT2D eigenvalue weighted by Gasteiger charge is 2.03. The topological polar surface area (TPSA) is 21.3 Å². The lowest BCUT2D eigenvalue weighted by Gasteiger charge is -2.14. The molecule has 0 aliphatic rings. The van der Waals surface area contributed by atoms with Crippen molar-refractivity contribution in [2.45, 2.75) is 39.8 Å². The molecule has 1 aromatic rings. The van der Waals surface area contributed by atoms with E-state index < -0.39 is 0 Å². The summed E-state index contributed by atoms with van der Waals surface area (Å²) in [6.07, 6.45) is 1.06. The lowest BCUT2D eigenvalue weighted by molar-refractivity contribution is 0.184. The summed E-state index contributed by atoms with van der Waals surface area (Å²) in [5, 5.41) is 3.51. The highest BCUT2D eigenvalue weighted by atomic mass is 16.5. The molecule has 0 fully saturated rings. The smallest absolute Gasteiger partial charge is 0.0476 e. The Labute approximate surface area is 99.0 Å². The van der Waals surface area contributed by atoms with E-state index in [4.69, 9.17) is 4.74 Å². The van der Waals surface area contributed by atoms with Gasteiger partial charge in [-0.05, 0) is 38.3 Å². The fraction of sp³-hybridized carbons (Fsp3) is 0.571. The highest BCUT2D eigenvalue weighted by Crippen LogP contribution is 2.10. The predicted molar refractivity (Wildman–Crippen MR) is 68.7 cm³/mol. The second-order valence-corrected chi connectivity index (χ2v) is 4.49. The predicted octanol–water partition coefficient (Wildman–Crippen LogP) is 2.82. The van der Waals surface area contributed by atoms with Crippen LogP contribution in [0.5, 0.6) is 0 Å². The van der Waals surface area contributed by atoms with E-state index in [1.807, 2.05) is 0 Å². The largest absolute Gasteiger partial charge is 0.385 e. The van der Waals surface area contributed by atoms with Crippen LogP contribution in [0.2, 0.25) is 0 Å². The van der Waals surface area contributed by atoms with Crippen LogP contribution >= 0.6 is 0 Å². The van der Waals surface area contributed by atoms with Crippen LogP contribution in [-0.2, 0) is 11.3 Å². The fourth-order valence-corrected chi connectivity index (χ4v) is 1.73. The van der Waals surface area contributed by atoms with Gasteiger partial charge in [-0.1, -0.05) is 23.8 Å². The Bertz CT molecular complexity index is 323. The molecule has 1 N–H and O–H groups in total. The van der Waals surface area contributed by atoms with Crippen LogP contribution in [0.25, 0.3) is 0 Å². The second-order valence-electron chi connectivity index (χ2n) is 4.49. The molecule has 1 aromatic carbocycles. The zero-order chi connectivity index (χ0) is 12.0. The maximum Gasteiger partial charge on any atom is 0.0476 e. The maximum atomic E-state index is 5.06. The molecule has 0 radical (unpaired) electrons. The van der Waals surface area contributed by atoms with Crippen LogP contribution in [0.3, 0.4) is 0 Å². The number of hydrogen-bond acceptors (Lipinski definition) is 2. The summed E-state index contributed by atoms with van der Waals surface area (Å²) in [5.74, 6) is 0. The number of hydrogen-bond donors (Lipinski definition) is 1. The van der Waals surface area contributed by atoms with E-state index in [-0.39, 0.29) is 0 Å². The third-order valence-electron chi connectivity index (χ3n) is 2.89. The van der Waals surface area contributed by atoms with Gasteiger partial charge in [-0.2, -0.15) is 0 Å². The lowest BCUT2D eigenvalue weighted by atomic mass is 10.1. The summed E-state index contributed by atoms with van der Waals surface area (Å²) in [7, 11) is 1.75. The first kappa shape index (κ1) is 13.2. The molecule has 1 unspecified atom stereocenters. The van der Waals surface area contributed by atoms with Crippen LogP contribution in [0.1, 0.15) is 30.0 Å². The van der Waals surface area contributed by atoms with Crippen LogP contribution in [-0.4, -0.2) is 19.8 Å². The molecule has 2 heteroatoms. The van der Waals surface area contributed by atoms with Crippen molar-refractivity contribution in [1.82, 2.24) is 5.32 Å². The summed E-state index contributed by atoms with van der Waals surface area (Å²) in [4.78, 5) is 0. The van der Waals surface area contributed by atoms with Crippen molar-refractivity contribution in [2.75, 3.05) is 13.7 Å². The van der Waals surface area contributed by atoms with Crippen molar-refractivity contribution in [3.63, 3.8) is 0 Å². The van der Waals surface area contributed by atoms with Gasteiger partial charge < -0.3 is 10.1 Å². The molecule has 0 saturated heterocycles. The van der Waals surface area contributed by atoms with E-state index in [1.54, 1.807) is 7.11 Å². The number of benzene rings is 1. The van der Waals surface area contributed by atoms with E-state index in [1.165, 1.54) is 16.7 Å². The lowest BCUT2D eigenvalue weighted by Crippen LogP contribution is -2.26. The van der Waals surface area contributed by atoms with Gasteiger partial charge in [-0.25, -0.2) is 0 Å². The Kier molecular flexibility index (Phi) is 5.50. The minimum atomic E-state index is 0.501. The Morgan fingerprint density at radius 1 is 1.31 bits per heavy atom. The van der Waals surface area contributed by atoms with Crippen molar-refractivity contribution in [1.29, 1.82) is 0 Å². The van der Waals surface area contributed by atoms with Gasteiger partial charge in [-0.3, -0.25) is 0 Å². The third kappa shape index (κ3) is 4.33. The Morgan fingerprint density at radius 2 is 2.06 bits per heavy atom. The standard InChI is InChI=1S/C14H23NO/c1-11-5-6-14(12(2)9-11)10-15-13(3)7-8-16-4/h5-6,9,13,15H,7-8,10H2,1-4H3. The van der Waals surface area contributed by atoms with Crippen molar-refractivity contribution in [3.05, 3.63) is 34.9 Å². The van der Waals surface area contributed by atoms with Crippen molar-refractivity contribution < 1.29 is 4.74 Å². The molecule has 0 heterocycles. The molecule has 0 saturated carbocycles. The number of aryl methyl sites for hydroxylation is 2. The Morgan fingerprint density at radius 3 is 2.69 bits per heavy atom. The van der Waals surface area contributed by atoms with Gasteiger partial charge in [0.25, 0.3) is 0 Å². The molecule has 1 atom stereocenters. The van der Waals surface area contributed by atoms with Gasteiger partial charge in [0.1, 0.15) is 0 Å². The van der Waals surface area contributed by atoms with Crippen molar-refractivity contribution >= 4 is 0 Å². The first-order chi connectivity index (χ1) is 7.63. The number of ether oxygens (including phenoxy) is 1. The molecule has 0 aromatic heterocycles. The quantitative estimate of drug-likeness (QED) is 0.797. The van der Waals surface area contributed by atoms with E-state index in [0.29, 0.717) is 6.04 Å². The van der Waals surface area contributed by atoms with E-state index in [0.717, 1.165) is 19.6 Å². The molecule has 90 valence electrons. The monoisotopic (exact) mass is 221 g/mol.